The van der Waals surface area contributed by atoms with Crippen LogP contribution >= 0.6 is 0 Å². The van der Waals surface area contributed by atoms with Crippen molar-refractivity contribution < 1.29 is 0 Å². The van der Waals surface area contributed by atoms with E-state index >= 15 is 0 Å². The topological polar surface area (TPSA) is 42.3 Å². The van der Waals surface area contributed by atoms with Gasteiger partial charge in [0.15, 0.2) is 0 Å². The number of hydrogen-bond donors (Lipinski definition) is 1. The van der Waals surface area contributed by atoms with Crippen LogP contribution in [0.1, 0.15) is 19.4 Å². The maximum absolute atomic E-state index is 9.78. The van der Waals surface area contributed by atoms with Gasteiger partial charge >= 0.3 is 0 Å². The molecule has 21 heavy (non-hydrogen) atoms. The Kier molecular flexibility index (Phi) is 5.35. The normalized spacial score (nSPS) is 23.4. The summed E-state index contributed by atoms with van der Waals surface area (Å²) in [4.78, 5) is 4.90. The van der Waals surface area contributed by atoms with Crippen LogP contribution in [0.15, 0.2) is 30.3 Å². The molecule has 1 aliphatic heterocycles. The second-order valence-corrected chi connectivity index (χ2v) is 5.85. The van der Waals surface area contributed by atoms with E-state index in [1.54, 1.807) is 0 Å². The third-order valence-electron chi connectivity index (χ3n) is 4.60. The molecule has 2 unspecified atom stereocenters. The number of nitrogens with zero attached hydrogens (tertiary/aromatic N) is 3. The molecule has 4 heteroatoms. The van der Waals surface area contributed by atoms with Gasteiger partial charge in [0.05, 0.1) is 6.07 Å². The van der Waals surface area contributed by atoms with Gasteiger partial charge in [-0.15, -0.1) is 0 Å². The Morgan fingerprint density at radius 1 is 1.33 bits per heavy atom. The molecule has 1 aromatic carbocycles. The zero-order valence-electron chi connectivity index (χ0n) is 13.3. The van der Waals surface area contributed by atoms with Crippen LogP contribution in [0.3, 0.4) is 0 Å². The number of nitrogens with one attached hydrogen (secondary N) is 1. The molecule has 4 nitrogen and oxygen atoms in total. The average molecular weight is 286 g/mol. The van der Waals surface area contributed by atoms with E-state index in [1.807, 2.05) is 37.4 Å². The fourth-order valence-corrected chi connectivity index (χ4v) is 3.21. The first-order valence-electron chi connectivity index (χ1n) is 7.77. The second-order valence-electron chi connectivity index (χ2n) is 5.85. The largest absolute Gasteiger partial charge is 0.298 e. The molecule has 1 fully saturated rings. The van der Waals surface area contributed by atoms with E-state index in [0.717, 1.165) is 38.3 Å². The molecule has 2 atom stereocenters. The van der Waals surface area contributed by atoms with Crippen molar-refractivity contribution in [3.8, 4) is 6.07 Å². The number of piperazine rings is 1. The van der Waals surface area contributed by atoms with Gasteiger partial charge in [0.25, 0.3) is 0 Å². The fraction of sp³-hybridized carbons (Fsp3) is 0.588. The molecule has 0 aromatic heterocycles. The zero-order valence-corrected chi connectivity index (χ0v) is 13.3. The first-order valence-corrected chi connectivity index (χ1v) is 7.77. The Balaban J connectivity index is 2.13. The minimum atomic E-state index is -0.630. The lowest BCUT2D eigenvalue weighted by molar-refractivity contribution is 0.0743. The molecule has 114 valence electrons. The smallest absolute Gasteiger partial charge is 0.144 e. The Morgan fingerprint density at radius 2 is 2.05 bits per heavy atom. The molecular weight excluding hydrogens is 260 g/mol. The summed E-state index contributed by atoms with van der Waals surface area (Å²) in [6.45, 7) is 9.43. The number of nitriles is 1. The summed E-state index contributed by atoms with van der Waals surface area (Å²) >= 11 is 0. The molecule has 1 aromatic rings. The van der Waals surface area contributed by atoms with Crippen molar-refractivity contribution in [2.75, 3.05) is 39.8 Å². The lowest BCUT2D eigenvalue weighted by Crippen LogP contribution is -2.57. The quantitative estimate of drug-likeness (QED) is 0.894. The van der Waals surface area contributed by atoms with Crippen molar-refractivity contribution in [2.45, 2.75) is 25.4 Å². The van der Waals surface area contributed by atoms with Crippen LogP contribution in [0, 0.1) is 11.3 Å². The van der Waals surface area contributed by atoms with Crippen LogP contribution in [-0.4, -0.2) is 55.6 Å². The van der Waals surface area contributed by atoms with Crippen molar-refractivity contribution in [3.63, 3.8) is 0 Å². The van der Waals surface area contributed by atoms with Crippen molar-refractivity contribution in [3.05, 3.63) is 35.9 Å². The first-order chi connectivity index (χ1) is 10.1. The van der Waals surface area contributed by atoms with Crippen LogP contribution in [0.5, 0.6) is 0 Å². The Hall–Kier alpha value is -1.41. The average Bonchev–Trinajstić information content (AvgIpc) is 2.54. The molecule has 0 bridgehead atoms. The zero-order chi connectivity index (χ0) is 15.3. The Morgan fingerprint density at radius 3 is 2.57 bits per heavy atom. The van der Waals surface area contributed by atoms with E-state index < -0.39 is 5.54 Å². The summed E-state index contributed by atoms with van der Waals surface area (Å²) in [5, 5.41) is 13.0. The minimum Gasteiger partial charge on any atom is -0.298 e. The molecule has 1 heterocycles. The fourth-order valence-electron chi connectivity index (χ4n) is 3.21. The van der Waals surface area contributed by atoms with Gasteiger partial charge in [-0.2, -0.15) is 5.26 Å². The number of benzene rings is 1. The number of rotatable bonds is 5. The number of hydrogen-bond acceptors (Lipinski definition) is 4. The van der Waals surface area contributed by atoms with Gasteiger partial charge in [0.1, 0.15) is 5.54 Å². The third-order valence-corrected chi connectivity index (χ3v) is 4.60. The monoisotopic (exact) mass is 286 g/mol. The summed E-state index contributed by atoms with van der Waals surface area (Å²) < 4.78 is 0. The summed E-state index contributed by atoms with van der Waals surface area (Å²) in [6.07, 6.45) is 0. The van der Waals surface area contributed by atoms with Crippen molar-refractivity contribution in [1.82, 2.24) is 15.1 Å². The highest BCUT2D eigenvalue weighted by Gasteiger charge is 2.34. The number of likely N-dealkylation sites (N-methyl/N-ethyl adjacent to an activating group) is 2. The van der Waals surface area contributed by atoms with Crippen LogP contribution in [0.25, 0.3) is 0 Å². The lowest BCUT2D eigenvalue weighted by Gasteiger charge is -2.42. The van der Waals surface area contributed by atoms with Gasteiger partial charge in [-0.1, -0.05) is 37.3 Å². The molecule has 2 rings (SSSR count). The Labute approximate surface area is 128 Å². The van der Waals surface area contributed by atoms with E-state index in [0.29, 0.717) is 6.04 Å². The van der Waals surface area contributed by atoms with Gasteiger partial charge < -0.3 is 0 Å². The molecule has 0 radical (unpaired) electrons. The predicted octanol–water partition coefficient (Wildman–Crippen LogP) is 1.65. The van der Waals surface area contributed by atoms with Gasteiger partial charge in [-0.25, -0.2) is 0 Å². The van der Waals surface area contributed by atoms with Crippen molar-refractivity contribution >= 4 is 0 Å². The van der Waals surface area contributed by atoms with Gasteiger partial charge in [0.2, 0.25) is 0 Å². The first kappa shape index (κ1) is 16.0. The van der Waals surface area contributed by atoms with Gasteiger partial charge in [0, 0.05) is 32.2 Å². The molecule has 1 N–H and O–H groups in total. The standard InChI is InChI=1S/C17H26N4/c1-4-21-11-10-20(12-15(21)2)14-17(13-18,19-3)16-8-6-5-7-9-16/h5-9,15,19H,4,10-12,14H2,1-3H3. The minimum absolute atomic E-state index is 0.549. The van der Waals surface area contributed by atoms with Crippen LogP contribution in [0.2, 0.25) is 0 Å². The maximum Gasteiger partial charge on any atom is 0.144 e. The maximum atomic E-state index is 9.78. The molecule has 0 spiro atoms. The molecular formula is C17H26N4. The highest BCUT2D eigenvalue weighted by atomic mass is 15.3. The van der Waals surface area contributed by atoms with Gasteiger partial charge in [-0.05, 0) is 26.1 Å². The van der Waals surface area contributed by atoms with E-state index in [2.05, 4.69) is 35.0 Å². The predicted molar refractivity (Wildman–Crippen MR) is 85.9 cm³/mol. The summed E-state index contributed by atoms with van der Waals surface area (Å²) in [5.41, 5.74) is 0.413. The molecule has 0 aliphatic carbocycles. The lowest BCUT2D eigenvalue weighted by atomic mass is 9.90. The van der Waals surface area contributed by atoms with E-state index in [-0.39, 0.29) is 0 Å². The SMILES string of the molecule is CCN1CCN(CC(C#N)(NC)c2ccccc2)CC1C. The van der Waals surface area contributed by atoms with E-state index in [4.69, 9.17) is 0 Å². The van der Waals surface area contributed by atoms with E-state index in [1.165, 1.54) is 0 Å². The summed E-state index contributed by atoms with van der Waals surface area (Å²) in [6, 6.07) is 13.1. The summed E-state index contributed by atoms with van der Waals surface area (Å²) in [7, 11) is 1.88. The highest BCUT2D eigenvalue weighted by molar-refractivity contribution is 5.32. The Bertz CT molecular complexity index is 481. The molecule has 0 amide bonds. The van der Waals surface area contributed by atoms with Crippen molar-refractivity contribution in [2.24, 2.45) is 0 Å². The summed E-state index contributed by atoms with van der Waals surface area (Å²) in [5.74, 6) is 0. The molecule has 1 saturated heterocycles. The van der Waals surface area contributed by atoms with Gasteiger partial charge in [-0.3, -0.25) is 15.1 Å². The van der Waals surface area contributed by atoms with Crippen LogP contribution in [0.4, 0.5) is 0 Å². The van der Waals surface area contributed by atoms with Crippen LogP contribution in [-0.2, 0) is 5.54 Å². The highest BCUT2D eigenvalue weighted by Crippen LogP contribution is 2.23. The third kappa shape index (κ3) is 3.44. The van der Waals surface area contributed by atoms with E-state index in [9.17, 15) is 5.26 Å². The molecule has 0 saturated carbocycles. The van der Waals surface area contributed by atoms with Crippen LogP contribution < -0.4 is 5.32 Å². The molecule has 1 aliphatic rings. The second kappa shape index (κ2) is 7.04. The van der Waals surface area contributed by atoms with Crippen molar-refractivity contribution in [1.29, 1.82) is 5.26 Å².